The van der Waals surface area contributed by atoms with Crippen LogP contribution in [0, 0.1) is 0 Å². The molecule has 2 heteroatoms. The monoisotopic (exact) mass is 281 g/mol. The van der Waals surface area contributed by atoms with Gasteiger partial charge in [-0.3, -0.25) is 0 Å². The summed E-state index contributed by atoms with van der Waals surface area (Å²) in [4.78, 5) is 0. The van der Waals surface area contributed by atoms with Gasteiger partial charge in [-0.1, -0.05) is 48.5 Å². The van der Waals surface area contributed by atoms with Crippen LogP contribution in [0.1, 0.15) is 28.3 Å². The molecule has 1 atom stereocenters. The minimum atomic E-state index is 0.518. The lowest BCUT2D eigenvalue weighted by atomic mass is 10.0. The van der Waals surface area contributed by atoms with E-state index in [2.05, 4.69) is 65.6 Å². The van der Waals surface area contributed by atoms with Crippen LogP contribution in [0.5, 0.6) is 0 Å². The summed E-state index contributed by atoms with van der Waals surface area (Å²) >= 11 is 2.05. The molecule has 102 valence electrons. The summed E-state index contributed by atoms with van der Waals surface area (Å²) in [5, 5.41) is 3.90. The highest BCUT2D eigenvalue weighted by Crippen LogP contribution is 2.33. The van der Waals surface area contributed by atoms with Gasteiger partial charge >= 0.3 is 0 Å². The molecule has 0 spiro atoms. The van der Waals surface area contributed by atoms with Crippen LogP contribution in [0.3, 0.4) is 0 Å². The summed E-state index contributed by atoms with van der Waals surface area (Å²) in [5.41, 5.74) is 6.09. The van der Waals surface area contributed by atoms with Gasteiger partial charge in [0, 0.05) is 23.6 Å². The number of benzene rings is 2. The second kappa shape index (κ2) is 5.27. The smallest absolute Gasteiger partial charge is 0.0417 e. The zero-order valence-corrected chi connectivity index (χ0v) is 12.3. The average Bonchev–Trinajstić information content (AvgIpc) is 2.90. The maximum atomic E-state index is 3.90. The molecule has 20 heavy (non-hydrogen) atoms. The predicted molar refractivity (Wildman–Crippen MR) is 86.1 cm³/mol. The second-order valence-corrected chi connectivity index (χ2v) is 6.84. The van der Waals surface area contributed by atoms with Gasteiger partial charge in [-0.05, 0) is 35.1 Å². The van der Waals surface area contributed by atoms with Crippen molar-refractivity contribution in [3.63, 3.8) is 0 Å². The fourth-order valence-corrected chi connectivity index (χ4v) is 4.59. The summed E-state index contributed by atoms with van der Waals surface area (Å²) < 4.78 is 0. The van der Waals surface area contributed by atoms with Crippen LogP contribution < -0.4 is 5.32 Å². The Balaban J connectivity index is 1.52. The van der Waals surface area contributed by atoms with Gasteiger partial charge in [0.2, 0.25) is 0 Å². The van der Waals surface area contributed by atoms with Crippen LogP contribution in [-0.2, 0) is 18.6 Å². The maximum Gasteiger partial charge on any atom is 0.0417 e. The molecule has 0 fully saturated rings. The molecular formula is C18H19NS. The highest BCUT2D eigenvalue weighted by molar-refractivity contribution is 7.98. The molecule has 0 saturated carbocycles. The van der Waals surface area contributed by atoms with Crippen molar-refractivity contribution in [1.82, 2.24) is 5.32 Å². The standard InChI is InChI=1S/C18H19NS/c1-2-6-14-10-16(9-13(14)5-1)19-18-12-20-11-15-7-3-4-8-17(15)18/h1-8,16,18-19H,9-12H2. The first-order valence-electron chi connectivity index (χ1n) is 7.38. The van der Waals surface area contributed by atoms with Crippen molar-refractivity contribution in [2.24, 2.45) is 0 Å². The maximum absolute atomic E-state index is 3.90. The molecule has 0 amide bonds. The van der Waals surface area contributed by atoms with Crippen molar-refractivity contribution in [3.8, 4) is 0 Å². The summed E-state index contributed by atoms with van der Waals surface area (Å²) in [6.07, 6.45) is 2.36. The van der Waals surface area contributed by atoms with Crippen LogP contribution in [0.25, 0.3) is 0 Å². The third kappa shape index (κ3) is 2.27. The van der Waals surface area contributed by atoms with Crippen LogP contribution in [-0.4, -0.2) is 11.8 Å². The summed E-state index contributed by atoms with van der Waals surface area (Å²) in [6, 6.07) is 18.9. The third-order valence-electron chi connectivity index (χ3n) is 4.46. The molecule has 1 nitrogen and oxygen atoms in total. The van der Waals surface area contributed by atoms with Gasteiger partial charge in [-0.2, -0.15) is 11.8 Å². The number of hydrogen-bond acceptors (Lipinski definition) is 2. The molecule has 0 saturated heterocycles. The van der Waals surface area contributed by atoms with E-state index in [1.807, 2.05) is 0 Å². The predicted octanol–water partition coefficient (Wildman–Crippen LogP) is 3.73. The summed E-state index contributed by atoms with van der Waals surface area (Å²) in [7, 11) is 0. The number of hydrogen-bond donors (Lipinski definition) is 1. The lowest BCUT2D eigenvalue weighted by Crippen LogP contribution is -2.36. The molecule has 1 aliphatic heterocycles. The van der Waals surface area contributed by atoms with Crippen molar-refractivity contribution in [3.05, 3.63) is 70.8 Å². The zero-order valence-electron chi connectivity index (χ0n) is 11.5. The van der Waals surface area contributed by atoms with E-state index in [0.29, 0.717) is 12.1 Å². The van der Waals surface area contributed by atoms with Gasteiger partial charge in [0.25, 0.3) is 0 Å². The molecule has 1 N–H and O–H groups in total. The largest absolute Gasteiger partial charge is 0.306 e. The highest BCUT2D eigenvalue weighted by Gasteiger charge is 2.26. The van der Waals surface area contributed by atoms with E-state index in [-0.39, 0.29) is 0 Å². The van der Waals surface area contributed by atoms with Crippen molar-refractivity contribution >= 4 is 11.8 Å². The number of fused-ring (bicyclic) bond motifs is 2. The Morgan fingerprint density at radius 3 is 2.25 bits per heavy atom. The lowest BCUT2D eigenvalue weighted by Gasteiger charge is -2.28. The van der Waals surface area contributed by atoms with Crippen molar-refractivity contribution in [1.29, 1.82) is 0 Å². The molecular weight excluding hydrogens is 262 g/mol. The Bertz CT molecular complexity index is 597. The Morgan fingerprint density at radius 2 is 1.50 bits per heavy atom. The minimum Gasteiger partial charge on any atom is -0.306 e. The van der Waals surface area contributed by atoms with Gasteiger partial charge in [0.1, 0.15) is 0 Å². The summed E-state index contributed by atoms with van der Waals surface area (Å²) in [6.45, 7) is 0. The van der Waals surface area contributed by atoms with E-state index < -0.39 is 0 Å². The van der Waals surface area contributed by atoms with Crippen molar-refractivity contribution < 1.29 is 0 Å². The van der Waals surface area contributed by atoms with E-state index >= 15 is 0 Å². The van der Waals surface area contributed by atoms with Gasteiger partial charge in [-0.25, -0.2) is 0 Å². The third-order valence-corrected chi connectivity index (χ3v) is 5.54. The van der Waals surface area contributed by atoms with Crippen LogP contribution in [0.4, 0.5) is 0 Å². The zero-order chi connectivity index (χ0) is 13.4. The van der Waals surface area contributed by atoms with E-state index in [9.17, 15) is 0 Å². The molecule has 4 rings (SSSR count). The average molecular weight is 281 g/mol. The number of nitrogens with one attached hydrogen (secondary N) is 1. The van der Waals surface area contributed by atoms with Crippen LogP contribution in [0.2, 0.25) is 0 Å². The summed E-state index contributed by atoms with van der Waals surface area (Å²) in [5.74, 6) is 2.36. The molecule has 2 aliphatic rings. The Kier molecular flexibility index (Phi) is 3.29. The lowest BCUT2D eigenvalue weighted by molar-refractivity contribution is 0.468. The first-order chi connectivity index (χ1) is 9.90. The SMILES string of the molecule is c1ccc2c(c1)CC(NC1CSCc3ccccc31)C2. The number of rotatable bonds is 2. The molecule has 2 aromatic carbocycles. The quantitative estimate of drug-likeness (QED) is 0.900. The fraction of sp³-hybridized carbons (Fsp3) is 0.333. The van der Waals surface area contributed by atoms with Gasteiger partial charge in [0.15, 0.2) is 0 Å². The Hall–Kier alpha value is -1.25. The Morgan fingerprint density at radius 1 is 0.850 bits per heavy atom. The molecule has 1 heterocycles. The second-order valence-electron chi connectivity index (χ2n) is 5.81. The molecule has 0 aromatic heterocycles. The van der Waals surface area contributed by atoms with E-state index in [4.69, 9.17) is 0 Å². The fourth-order valence-electron chi connectivity index (χ4n) is 3.48. The molecule has 0 radical (unpaired) electrons. The molecule has 0 bridgehead atoms. The molecule has 1 unspecified atom stereocenters. The molecule has 2 aromatic rings. The van der Waals surface area contributed by atoms with E-state index in [1.54, 1.807) is 0 Å². The Labute approximate surface area is 124 Å². The van der Waals surface area contributed by atoms with Gasteiger partial charge in [-0.15, -0.1) is 0 Å². The van der Waals surface area contributed by atoms with Crippen LogP contribution >= 0.6 is 11.8 Å². The molecule has 1 aliphatic carbocycles. The van der Waals surface area contributed by atoms with Gasteiger partial charge < -0.3 is 5.32 Å². The van der Waals surface area contributed by atoms with Crippen molar-refractivity contribution in [2.45, 2.75) is 30.7 Å². The van der Waals surface area contributed by atoms with Crippen molar-refractivity contribution in [2.75, 3.05) is 5.75 Å². The highest BCUT2D eigenvalue weighted by atomic mass is 32.2. The van der Waals surface area contributed by atoms with Crippen LogP contribution in [0.15, 0.2) is 48.5 Å². The van der Waals surface area contributed by atoms with Gasteiger partial charge in [0.05, 0.1) is 0 Å². The minimum absolute atomic E-state index is 0.518. The number of thioether (sulfide) groups is 1. The first-order valence-corrected chi connectivity index (χ1v) is 8.54. The topological polar surface area (TPSA) is 12.0 Å². The first kappa shape index (κ1) is 12.5. The van der Waals surface area contributed by atoms with E-state index in [1.165, 1.54) is 46.6 Å². The normalized spacial score (nSPS) is 21.5. The van der Waals surface area contributed by atoms with E-state index in [0.717, 1.165) is 0 Å².